The molecule has 0 spiro atoms. The molecule has 3 unspecified atom stereocenters. The van der Waals surface area contributed by atoms with Gasteiger partial charge in [-0.3, -0.25) is 38.4 Å². The van der Waals surface area contributed by atoms with Crippen molar-refractivity contribution < 1.29 is 95.7 Å². The molecule has 5 heterocycles. The first-order valence-electron chi connectivity index (χ1n) is 20.0. The molecule has 8 N–H and O–H groups in total. The maximum absolute atomic E-state index is 12.6. The van der Waals surface area contributed by atoms with E-state index in [1.165, 1.54) is 18.2 Å². The van der Waals surface area contributed by atoms with Crippen molar-refractivity contribution in [2.75, 3.05) is 0 Å². The molecule has 0 saturated carbocycles. The second-order valence-electron chi connectivity index (χ2n) is 16.7. The Hall–Kier alpha value is -5.95. The third-order valence-corrected chi connectivity index (χ3v) is 12.6. The molecule has 21 heteroatoms. The van der Waals surface area contributed by atoms with Crippen molar-refractivity contribution in [3.63, 3.8) is 0 Å². The van der Waals surface area contributed by atoms with Crippen molar-refractivity contribution in [3.8, 4) is 0 Å². The first-order chi connectivity index (χ1) is 29.0. The molecule has 2 aromatic heterocycles. The van der Waals surface area contributed by atoms with E-state index in [1.807, 2.05) is 0 Å². The van der Waals surface area contributed by atoms with Gasteiger partial charge in [-0.25, -0.2) is 0 Å². The number of carboxylic acid groups (broad SMARTS) is 8. The van der Waals surface area contributed by atoms with Crippen LogP contribution in [-0.2, 0) is 80.5 Å². The van der Waals surface area contributed by atoms with Gasteiger partial charge in [0, 0.05) is 48.6 Å². The maximum atomic E-state index is 12.6. The summed E-state index contributed by atoms with van der Waals surface area (Å²) in [5, 5.41) is 89.8. The van der Waals surface area contributed by atoms with E-state index in [0.29, 0.717) is 0 Å². The van der Waals surface area contributed by atoms with E-state index >= 15 is 0 Å². The van der Waals surface area contributed by atoms with Crippen LogP contribution in [0.15, 0.2) is 5.70 Å². The van der Waals surface area contributed by atoms with Crippen LogP contribution in [0.25, 0.3) is 28.9 Å². The first kappa shape index (κ1) is 49.7. The third kappa shape index (κ3) is 11.4. The Morgan fingerprint density at radius 1 is 0.587 bits per heavy atom. The van der Waals surface area contributed by atoms with Crippen LogP contribution in [0, 0.1) is 22.7 Å². The summed E-state index contributed by atoms with van der Waals surface area (Å²) in [6.07, 6.45) is -0.759. The summed E-state index contributed by atoms with van der Waals surface area (Å²) in [4.78, 5) is 107. The summed E-state index contributed by atoms with van der Waals surface area (Å²) in [6.45, 7) is 3.24. The zero-order valence-electron chi connectivity index (χ0n) is 34.3. The average molecular weight is 924 g/mol. The number of fused-ring (bicyclic) bond motifs is 8. The first-order valence-corrected chi connectivity index (χ1v) is 20.0. The quantitative estimate of drug-likeness (QED) is 0.0881. The minimum Gasteiger partial charge on any atom is -0.684 e. The predicted octanol–water partition coefficient (Wildman–Crippen LogP) is 2.05. The molecule has 3 aliphatic rings. The molecule has 0 aliphatic carbocycles. The van der Waals surface area contributed by atoms with Crippen LogP contribution >= 0.6 is 0 Å². The van der Waals surface area contributed by atoms with E-state index in [1.54, 1.807) is 13.8 Å². The summed E-state index contributed by atoms with van der Waals surface area (Å²) < 4.78 is 0. The molecule has 63 heavy (non-hydrogen) atoms. The van der Waals surface area contributed by atoms with Crippen LogP contribution < -0.4 is 20.7 Å². The summed E-state index contributed by atoms with van der Waals surface area (Å²) >= 11 is 0. The predicted molar refractivity (Wildman–Crippen MR) is 214 cm³/mol. The van der Waals surface area contributed by atoms with Crippen LogP contribution in [0.2, 0.25) is 0 Å². The Labute approximate surface area is 369 Å². The second kappa shape index (κ2) is 20.0. The molecular weight excluding hydrogens is 875 g/mol. The molecule has 7 atom stereocenters. The van der Waals surface area contributed by atoms with Crippen molar-refractivity contribution in [2.45, 2.75) is 115 Å². The largest absolute Gasteiger partial charge is 0.684 e. The zero-order chi connectivity index (χ0) is 45.8. The number of carboxylic acids is 8. The van der Waals surface area contributed by atoms with E-state index < -0.39 is 140 Å². The van der Waals surface area contributed by atoms with Crippen LogP contribution in [0.4, 0.5) is 0 Å². The fraction of sp³-hybridized carbons (Fsp3) is 0.524. The van der Waals surface area contributed by atoms with Crippen molar-refractivity contribution >= 4 is 66.0 Å². The van der Waals surface area contributed by atoms with Crippen molar-refractivity contribution in [2.24, 2.45) is 22.7 Å². The average Bonchev–Trinajstić information content (AvgIpc) is 3.77. The fourth-order valence-corrected chi connectivity index (χ4v) is 9.73. The number of allylic oxidation sites excluding steroid dienone is 1. The number of carbonyl (C=O) groups is 8. The molecule has 3 aliphatic heterocycles. The number of rotatable bonds is 20. The standard InChI is InChI=1S/C42H48N4O16.Ni/c1-41(17-39(59)60)23(5-9-35(51)52)29-14-27-21(11-37(55)56)19(3-7-33(47)48)25(43-27)13-26-20(4-8-34(49)50)22(12-38(57)58)28(44-26)15-31-42(2,18-40(61)62)24(6-10-36(53)54)30(46-31)16-32(41)45-29;/h13-15,23-24,30-32H,3-12,16-18H2,1-2H3,(H,47,48)(H,49,50)(H,51,52)(H,53,54)(H,55,56)(H,57,58)(H,59,60)(H,61,62);/q-4;/b26-13-,28-15-,29-14-;/t23-,24-,30?,31?,32?,41+,42+;/m1./s1. The van der Waals surface area contributed by atoms with E-state index in [4.69, 9.17) is 20.6 Å². The van der Waals surface area contributed by atoms with Crippen LogP contribution in [-0.4, -0.2) is 107 Å². The Kier molecular flexibility index (Phi) is 15.8. The molecule has 0 radical (unpaired) electrons. The van der Waals surface area contributed by atoms with Gasteiger partial charge < -0.3 is 61.5 Å². The van der Waals surface area contributed by atoms with Gasteiger partial charge in [0.2, 0.25) is 0 Å². The van der Waals surface area contributed by atoms with Gasteiger partial charge in [-0.05, 0) is 48.0 Å². The van der Waals surface area contributed by atoms with Crippen molar-refractivity contribution in [3.05, 3.63) is 60.7 Å². The molecule has 8 bridgehead atoms. The van der Waals surface area contributed by atoms with Gasteiger partial charge in [0.25, 0.3) is 0 Å². The second-order valence-corrected chi connectivity index (χ2v) is 16.7. The summed E-state index contributed by atoms with van der Waals surface area (Å²) in [6, 6.07) is -2.94. The number of hydrogen-bond donors (Lipinski definition) is 8. The molecule has 346 valence electrons. The molecule has 5 rings (SSSR count). The smallest absolute Gasteiger partial charge is 0.307 e. The fourth-order valence-electron chi connectivity index (χ4n) is 9.73. The van der Waals surface area contributed by atoms with Gasteiger partial charge in [-0.1, -0.05) is 55.0 Å². The number of aromatic nitrogens is 2. The number of aliphatic carboxylic acids is 8. The topological polar surface area (TPSA) is 355 Å². The van der Waals surface area contributed by atoms with E-state index in [0.717, 1.165) is 0 Å². The summed E-state index contributed by atoms with van der Waals surface area (Å²) in [5.41, 5.74) is -2.03. The van der Waals surface area contributed by atoms with Gasteiger partial charge in [0.1, 0.15) is 0 Å². The van der Waals surface area contributed by atoms with Crippen molar-refractivity contribution in [1.29, 1.82) is 0 Å². The monoisotopic (exact) mass is 922 g/mol. The van der Waals surface area contributed by atoms with Crippen molar-refractivity contribution in [1.82, 2.24) is 9.97 Å². The Balaban J connectivity index is 0.00000871. The Morgan fingerprint density at radius 2 is 1.11 bits per heavy atom. The molecule has 2 saturated heterocycles. The molecule has 20 nitrogen and oxygen atoms in total. The molecular formula is C42H48N4NiO16-4. The van der Waals surface area contributed by atoms with Gasteiger partial charge in [-0.15, -0.1) is 46.3 Å². The Morgan fingerprint density at radius 3 is 1.67 bits per heavy atom. The van der Waals surface area contributed by atoms with E-state index in [9.17, 15) is 79.2 Å². The molecule has 0 aromatic carbocycles. The van der Waals surface area contributed by atoms with E-state index in [-0.39, 0.29) is 98.6 Å². The van der Waals surface area contributed by atoms with Crippen LogP contribution in [0.1, 0.15) is 105 Å². The minimum atomic E-state index is -1.36. The summed E-state index contributed by atoms with van der Waals surface area (Å²) in [7, 11) is 0. The maximum Gasteiger partial charge on any atom is 0.307 e. The number of nitrogens with zero attached hydrogens (tertiary/aromatic N) is 4. The number of hydrogen-bond acceptors (Lipinski definition) is 8. The Bertz CT molecular complexity index is 2330. The molecule has 2 fully saturated rings. The zero-order valence-corrected chi connectivity index (χ0v) is 35.2. The van der Waals surface area contributed by atoms with Gasteiger partial charge in [0.05, 0.1) is 19.3 Å². The van der Waals surface area contributed by atoms with Crippen LogP contribution in [0.3, 0.4) is 0 Å². The third-order valence-electron chi connectivity index (χ3n) is 12.6. The van der Waals surface area contributed by atoms with Gasteiger partial charge in [-0.2, -0.15) is 5.70 Å². The minimum absolute atomic E-state index is 0. The van der Waals surface area contributed by atoms with Gasteiger partial charge in [0.15, 0.2) is 0 Å². The van der Waals surface area contributed by atoms with E-state index in [2.05, 4.69) is 0 Å². The molecule has 2 aromatic rings. The SMILES string of the molecule is C[C@@]1(CC(=O)O)C2CC3[N-]C(/C=c4\[n-]/c(c(CCC(=O)O)c4CC(=O)O)=C\c4[n-]c(c(CC(=O)O)c4CCC(=O)O)/C=C(\[N-]2)[C@H]1CCC(=O)O)[C@@](C)(CC(=O)O)[C@@H]3CCC(=O)O.[Ni]. The van der Waals surface area contributed by atoms with Crippen LogP contribution in [0.5, 0.6) is 0 Å². The van der Waals surface area contributed by atoms with Gasteiger partial charge >= 0.3 is 47.8 Å². The summed E-state index contributed by atoms with van der Waals surface area (Å²) in [5.74, 6) is -11.7. The molecule has 0 amide bonds. The normalized spacial score (nSPS) is 26.6.